The van der Waals surface area contributed by atoms with Gasteiger partial charge in [-0.25, -0.2) is 4.98 Å². The van der Waals surface area contributed by atoms with Crippen LogP contribution in [0, 0.1) is 0 Å². The minimum atomic E-state index is -0.422. The van der Waals surface area contributed by atoms with E-state index in [1.165, 1.54) is 16.2 Å². The van der Waals surface area contributed by atoms with E-state index in [9.17, 15) is 4.79 Å². The number of nitrogens with two attached hydrogens (primary N) is 1. The number of nitrogens with one attached hydrogen (secondary N) is 1. The summed E-state index contributed by atoms with van der Waals surface area (Å²) in [5.41, 5.74) is 6.10. The van der Waals surface area contributed by atoms with Gasteiger partial charge in [0.15, 0.2) is 5.01 Å². The molecule has 3 N–H and O–H groups in total. The minimum absolute atomic E-state index is 0.422. The van der Waals surface area contributed by atoms with E-state index in [4.69, 9.17) is 5.73 Å². The Morgan fingerprint density at radius 1 is 1.67 bits per heavy atom. The average Bonchev–Trinajstić information content (AvgIpc) is 2.46. The molecule has 64 valence electrons. The Bertz CT molecular complexity index is 297. The average molecular weight is 183 g/mol. The van der Waals surface area contributed by atoms with Crippen LogP contribution in [0.3, 0.4) is 0 Å². The Labute approximate surface area is 73.8 Å². The predicted molar refractivity (Wildman–Crippen MR) is 46.0 cm³/mol. The number of hydrogen-bond acceptors (Lipinski definition) is 4. The van der Waals surface area contributed by atoms with Gasteiger partial charge in [0.05, 0.1) is 5.69 Å². The predicted octanol–water partition coefficient (Wildman–Crippen LogP) is -0.112. The van der Waals surface area contributed by atoms with Crippen molar-refractivity contribution in [2.24, 2.45) is 5.73 Å². The number of carbonyl (C=O) groups is 1. The summed E-state index contributed by atoms with van der Waals surface area (Å²) < 4.78 is 0. The van der Waals surface area contributed by atoms with E-state index in [2.05, 4.69) is 10.3 Å². The number of nitrogens with zero attached hydrogens (tertiary/aromatic N) is 1. The first-order valence-electron chi connectivity index (χ1n) is 3.76. The molecule has 0 fully saturated rings. The lowest BCUT2D eigenvalue weighted by Crippen LogP contribution is -2.22. The van der Waals surface area contributed by atoms with E-state index in [1.54, 1.807) is 0 Å². The minimum Gasteiger partial charge on any atom is -0.364 e. The largest absolute Gasteiger partial charge is 0.364 e. The molecule has 1 aliphatic heterocycles. The zero-order valence-corrected chi connectivity index (χ0v) is 7.28. The highest BCUT2D eigenvalue weighted by Crippen LogP contribution is 2.20. The maximum atomic E-state index is 10.8. The molecule has 12 heavy (non-hydrogen) atoms. The third-order valence-electron chi connectivity index (χ3n) is 1.81. The molecule has 0 bridgehead atoms. The molecule has 1 aromatic heterocycles. The lowest BCUT2D eigenvalue weighted by Gasteiger charge is -2.09. The molecule has 0 saturated carbocycles. The summed E-state index contributed by atoms with van der Waals surface area (Å²) >= 11 is 1.42. The van der Waals surface area contributed by atoms with Crippen molar-refractivity contribution in [1.29, 1.82) is 0 Å². The summed E-state index contributed by atoms with van der Waals surface area (Å²) in [5.74, 6) is -0.422. The van der Waals surface area contributed by atoms with Crippen LogP contribution in [0.1, 0.15) is 20.4 Å². The highest BCUT2D eigenvalue weighted by molar-refractivity contribution is 7.13. The van der Waals surface area contributed by atoms with Crippen LogP contribution >= 0.6 is 11.3 Å². The van der Waals surface area contributed by atoms with Crippen LogP contribution in [-0.2, 0) is 13.0 Å². The van der Waals surface area contributed by atoms with Crippen molar-refractivity contribution in [3.8, 4) is 0 Å². The van der Waals surface area contributed by atoms with Gasteiger partial charge in [-0.2, -0.15) is 0 Å². The maximum absolute atomic E-state index is 10.8. The molecule has 5 heteroatoms. The second kappa shape index (κ2) is 2.84. The Morgan fingerprint density at radius 2 is 2.50 bits per heavy atom. The maximum Gasteiger partial charge on any atom is 0.277 e. The number of rotatable bonds is 1. The second-order valence-corrected chi connectivity index (χ2v) is 3.76. The van der Waals surface area contributed by atoms with Crippen LogP contribution in [0.5, 0.6) is 0 Å². The van der Waals surface area contributed by atoms with Gasteiger partial charge in [0.25, 0.3) is 5.91 Å². The highest BCUT2D eigenvalue weighted by atomic mass is 32.1. The van der Waals surface area contributed by atoms with E-state index in [0.717, 1.165) is 25.2 Å². The molecular weight excluding hydrogens is 174 g/mol. The zero-order chi connectivity index (χ0) is 8.55. The van der Waals surface area contributed by atoms with Crippen molar-refractivity contribution in [3.05, 3.63) is 15.6 Å². The fourth-order valence-corrected chi connectivity index (χ4v) is 2.16. The standard InChI is InChI=1S/C7H9N3OS/c8-6(11)7-10-4-3-9-2-1-5(4)12-7/h9H,1-3H2,(H2,8,11). The summed E-state index contributed by atoms with van der Waals surface area (Å²) in [7, 11) is 0. The van der Waals surface area contributed by atoms with Gasteiger partial charge in [0.1, 0.15) is 0 Å². The van der Waals surface area contributed by atoms with Gasteiger partial charge in [-0.15, -0.1) is 11.3 Å². The molecule has 0 radical (unpaired) electrons. The van der Waals surface area contributed by atoms with Crippen LogP contribution in [0.2, 0.25) is 0 Å². The monoisotopic (exact) mass is 183 g/mol. The molecule has 0 aromatic carbocycles. The molecule has 2 heterocycles. The first kappa shape index (κ1) is 7.70. The first-order chi connectivity index (χ1) is 5.77. The summed E-state index contributed by atoms with van der Waals surface area (Å²) in [6.07, 6.45) is 0.959. The number of primary amides is 1. The molecule has 2 rings (SSSR count). The van der Waals surface area contributed by atoms with Crippen LogP contribution in [0.15, 0.2) is 0 Å². The number of amides is 1. The molecule has 0 saturated heterocycles. The Kier molecular flexibility index (Phi) is 1.82. The van der Waals surface area contributed by atoms with Gasteiger partial charge in [-0.3, -0.25) is 4.79 Å². The molecule has 1 aliphatic rings. The number of hydrogen-bond donors (Lipinski definition) is 2. The van der Waals surface area contributed by atoms with Crippen molar-refractivity contribution in [3.63, 3.8) is 0 Å². The third-order valence-corrected chi connectivity index (χ3v) is 2.98. The fraction of sp³-hybridized carbons (Fsp3) is 0.429. The highest BCUT2D eigenvalue weighted by Gasteiger charge is 2.16. The van der Waals surface area contributed by atoms with Gasteiger partial charge in [0, 0.05) is 18.0 Å². The van der Waals surface area contributed by atoms with Gasteiger partial charge in [-0.05, 0) is 6.42 Å². The number of thiazole rings is 1. The topological polar surface area (TPSA) is 68.0 Å². The lowest BCUT2D eigenvalue weighted by molar-refractivity contribution is 0.1000. The number of fused-ring (bicyclic) bond motifs is 1. The van der Waals surface area contributed by atoms with Gasteiger partial charge in [-0.1, -0.05) is 0 Å². The van der Waals surface area contributed by atoms with Crippen LogP contribution < -0.4 is 11.1 Å². The molecule has 0 aliphatic carbocycles. The summed E-state index contributed by atoms with van der Waals surface area (Å²) in [6, 6.07) is 0. The van der Waals surface area contributed by atoms with E-state index < -0.39 is 5.91 Å². The molecular formula is C7H9N3OS. The summed E-state index contributed by atoms with van der Waals surface area (Å²) in [6.45, 7) is 1.73. The van der Waals surface area contributed by atoms with Crippen LogP contribution in [0.4, 0.5) is 0 Å². The Balaban J connectivity index is 2.38. The normalized spacial score (nSPS) is 15.7. The van der Waals surface area contributed by atoms with Gasteiger partial charge in [0.2, 0.25) is 0 Å². The zero-order valence-electron chi connectivity index (χ0n) is 6.46. The third kappa shape index (κ3) is 1.21. The second-order valence-electron chi connectivity index (χ2n) is 2.68. The molecule has 4 nitrogen and oxygen atoms in total. The molecule has 0 atom stereocenters. The molecule has 0 spiro atoms. The van der Waals surface area contributed by atoms with Crippen molar-refractivity contribution < 1.29 is 4.79 Å². The Hall–Kier alpha value is -0.940. The van der Waals surface area contributed by atoms with E-state index in [1.807, 2.05) is 0 Å². The fourth-order valence-electron chi connectivity index (χ4n) is 1.23. The van der Waals surface area contributed by atoms with E-state index >= 15 is 0 Å². The van der Waals surface area contributed by atoms with E-state index in [0.29, 0.717) is 5.01 Å². The number of carbonyl (C=O) groups excluding carboxylic acids is 1. The molecule has 1 aromatic rings. The number of aromatic nitrogens is 1. The summed E-state index contributed by atoms with van der Waals surface area (Å²) in [4.78, 5) is 16.1. The Morgan fingerprint density at radius 3 is 3.17 bits per heavy atom. The quantitative estimate of drug-likeness (QED) is 0.638. The van der Waals surface area contributed by atoms with Crippen LogP contribution in [-0.4, -0.2) is 17.4 Å². The van der Waals surface area contributed by atoms with E-state index in [-0.39, 0.29) is 0 Å². The lowest BCUT2D eigenvalue weighted by atomic mass is 10.2. The first-order valence-corrected chi connectivity index (χ1v) is 4.58. The van der Waals surface area contributed by atoms with Crippen molar-refractivity contribution in [1.82, 2.24) is 10.3 Å². The van der Waals surface area contributed by atoms with Gasteiger partial charge < -0.3 is 11.1 Å². The van der Waals surface area contributed by atoms with Crippen molar-refractivity contribution >= 4 is 17.2 Å². The molecule has 0 unspecified atom stereocenters. The SMILES string of the molecule is NC(=O)c1nc2c(s1)CCNC2. The van der Waals surface area contributed by atoms with Crippen LogP contribution in [0.25, 0.3) is 0 Å². The van der Waals surface area contributed by atoms with Crippen molar-refractivity contribution in [2.45, 2.75) is 13.0 Å². The smallest absolute Gasteiger partial charge is 0.277 e. The van der Waals surface area contributed by atoms with Crippen molar-refractivity contribution in [2.75, 3.05) is 6.54 Å². The summed E-state index contributed by atoms with van der Waals surface area (Å²) in [5, 5.41) is 3.62. The van der Waals surface area contributed by atoms with Gasteiger partial charge >= 0.3 is 0 Å². The molecule has 1 amide bonds.